The van der Waals surface area contributed by atoms with E-state index in [0.717, 1.165) is 18.5 Å². The number of carbonyl (C=O) groups is 1. The minimum Gasteiger partial charge on any atom is -0.397 e. The maximum absolute atomic E-state index is 12.5. The molecule has 0 spiro atoms. The van der Waals surface area contributed by atoms with Crippen molar-refractivity contribution in [1.82, 2.24) is 4.57 Å². The van der Waals surface area contributed by atoms with Crippen LogP contribution in [0.3, 0.4) is 0 Å². The molecule has 0 bridgehead atoms. The molecule has 0 saturated heterocycles. The van der Waals surface area contributed by atoms with Gasteiger partial charge in [0.05, 0.1) is 5.69 Å². The highest BCUT2D eigenvalue weighted by molar-refractivity contribution is 6.04. The van der Waals surface area contributed by atoms with Crippen LogP contribution in [0.25, 0.3) is 0 Å². The number of nitrogens with one attached hydrogen (secondary N) is 1. The molecule has 1 aliphatic rings. The molecular weight excluding hydrogens is 262 g/mol. The van der Waals surface area contributed by atoms with Crippen LogP contribution >= 0.6 is 0 Å². The first-order valence-corrected chi connectivity index (χ1v) is 7.45. The van der Waals surface area contributed by atoms with E-state index in [0.29, 0.717) is 11.4 Å². The summed E-state index contributed by atoms with van der Waals surface area (Å²) in [6.45, 7) is 4.07. The topological polar surface area (TPSA) is 60.0 Å². The Balaban J connectivity index is 1.83. The smallest absolute Gasteiger partial charge is 0.272 e. The van der Waals surface area contributed by atoms with Crippen molar-refractivity contribution in [2.45, 2.75) is 39.2 Å². The molecule has 1 aliphatic carbocycles. The van der Waals surface area contributed by atoms with Gasteiger partial charge in [0.25, 0.3) is 5.91 Å². The molecule has 0 radical (unpaired) electrons. The Morgan fingerprint density at radius 3 is 2.76 bits per heavy atom. The van der Waals surface area contributed by atoms with Crippen molar-refractivity contribution >= 4 is 17.3 Å². The van der Waals surface area contributed by atoms with Gasteiger partial charge in [-0.2, -0.15) is 0 Å². The summed E-state index contributed by atoms with van der Waals surface area (Å²) < 4.78 is 1.90. The molecule has 2 aromatic rings. The van der Waals surface area contributed by atoms with Gasteiger partial charge in [0.15, 0.2) is 0 Å². The highest BCUT2D eigenvalue weighted by atomic mass is 16.1. The number of amides is 1. The Bertz CT molecular complexity index is 685. The number of aryl methyl sites for hydroxylation is 2. The number of benzene rings is 1. The first kappa shape index (κ1) is 13.7. The van der Waals surface area contributed by atoms with E-state index in [-0.39, 0.29) is 11.9 Å². The summed E-state index contributed by atoms with van der Waals surface area (Å²) in [4.78, 5) is 12.5. The van der Waals surface area contributed by atoms with E-state index >= 15 is 0 Å². The average molecular weight is 283 g/mol. The zero-order valence-electron chi connectivity index (χ0n) is 12.5. The van der Waals surface area contributed by atoms with Gasteiger partial charge in [0.1, 0.15) is 5.69 Å². The molecule has 4 heteroatoms. The van der Waals surface area contributed by atoms with Crippen molar-refractivity contribution < 1.29 is 4.79 Å². The van der Waals surface area contributed by atoms with Crippen LogP contribution < -0.4 is 11.1 Å². The molecule has 0 saturated carbocycles. The van der Waals surface area contributed by atoms with Crippen LogP contribution in [0, 0.1) is 0 Å². The number of nitrogens with two attached hydrogens (primary N) is 1. The van der Waals surface area contributed by atoms with E-state index in [1.54, 1.807) is 6.07 Å². The number of aromatic nitrogens is 1. The van der Waals surface area contributed by atoms with Gasteiger partial charge in [0, 0.05) is 17.9 Å². The summed E-state index contributed by atoms with van der Waals surface area (Å²) >= 11 is 0. The summed E-state index contributed by atoms with van der Waals surface area (Å²) in [7, 11) is 0. The van der Waals surface area contributed by atoms with E-state index in [1.807, 2.05) is 30.7 Å². The third-order valence-electron chi connectivity index (χ3n) is 4.02. The van der Waals surface area contributed by atoms with Gasteiger partial charge in [-0.15, -0.1) is 0 Å². The number of nitrogens with zero attached hydrogens (tertiary/aromatic N) is 1. The third-order valence-corrected chi connectivity index (χ3v) is 4.02. The lowest BCUT2D eigenvalue weighted by Gasteiger charge is -2.13. The third kappa shape index (κ3) is 2.66. The van der Waals surface area contributed by atoms with E-state index in [1.165, 1.54) is 17.5 Å². The van der Waals surface area contributed by atoms with E-state index < -0.39 is 0 Å². The second-order valence-corrected chi connectivity index (χ2v) is 5.95. The van der Waals surface area contributed by atoms with Crippen LogP contribution in [0.2, 0.25) is 0 Å². The molecule has 3 N–H and O–H groups in total. The molecule has 0 unspecified atom stereocenters. The number of nitrogen functional groups attached to an aromatic ring is 1. The second-order valence-electron chi connectivity index (χ2n) is 5.95. The molecule has 0 aliphatic heterocycles. The monoisotopic (exact) mass is 283 g/mol. The van der Waals surface area contributed by atoms with Gasteiger partial charge >= 0.3 is 0 Å². The largest absolute Gasteiger partial charge is 0.397 e. The number of rotatable bonds is 3. The summed E-state index contributed by atoms with van der Waals surface area (Å²) in [6, 6.07) is 8.11. The SMILES string of the molecule is CC(C)n1cc(N)cc1C(=O)Nc1ccc2c(c1)CCC2. The van der Waals surface area contributed by atoms with Crippen molar-refractivity contribution in [3.8, 4) is 0 Å². The van der Waals surface area contributed by atoms with Crippen molar-refractivity contribution in [2.24, 2.45) is 0 Å². The molecule has 1 aromatic carbocycles. The lowest BCUT2D eigenvalue weighted by molar-refractivity contribution is 0.101. The van der Waals surface area contributed by atoms with Crippen molar-refractivity contribution in [3.05, 3.63) is 47.3 Å². The van der Waals surface area contributed by atoms with Crippen LogP contribution in [-0.2, 0) is 12.8 Å². The Kier molecular flexibility index (Phi) is 3.45. The normalized spacial score (nSPS) is 13.5. The number of fused-ring (bicyclic) bond motifs is 1. The lowest BCUT2D eigenvalue weighted by atomic mass is 10.1. The molecule has 1 heterocycles. The fourth-order valence-electron chi connectivity index (χ4n) is 2.95. The molecular formula is C17H21N3O. The lowest BCUT2D eigenvalue weighted by Crippen LogP contribution is -2.17. The maximum Gasteiger partial charge on any atom is 0.272 e. The highest BCUT2D eigenvalue weighted by Crippen LogP contribution is 2.25. The van der Waals surface area contributed by atoms with Crippen LogP contribution in [0.4, 0.5) is 11.4 Å². The molecule has 21 heavy (non-hydrogen) atoms. The van der Waals surface area contributed by atoms with Gasteiger partial charge in [0.2, 0.25) is 0 Å². The van der Waals surface area contributed by atoms with Crippen molar-refractivity contribution in [3.63, 3.8) is 0 Å². The number of anilines is 2. The van der Waals surface area contributed by atoms with Gasteiger partial charge < -0.3 is 15.6 Å². The standard InChI is InChI=1S/C17H21N3O/c1-11(2)20-10-14(18)9-16(20)17(21)19-15-7-6-12-4-3-5-13(12)8-15/h6-11H,3-5,18H2,1-2H3,(H,19,21). The summed E-state index contributed by atoms with van der Waals surface area (Å²) in [6.07, 6.45) is 5.27. The predicted molar refractivity (Wildman–Crippen MR) is 85.6 cm³/mol. The van der Waals surface area contributed by atoms with Gasteiger partial charge in [-0.05, 0) is 62.4 Å². The molecule has 0 fully saturated rings. The molecule has 1 amide bonds. The first-order valence-electron chi connectivity index (χ1n) is 7.45. The van der Waals surface area contributed by atoms with Crippen LogP contribution in [0.1, 0.15) is 47.9 Å². The van der Waals surface area contributed by atoms with E-state index in [9.17, 15) is 4.79 Å². The highest BCUT2D eigenvalue weighted by Gasteiger charge is 2.16. The fourth-order valence-corrected chi connectivity index (χ4v) is 2.95. The molecule has 1 aromatic heterocycles. The number of carbonyl (C=O) groups excluding carboxylic acids is 1. The van der Waals surface area contributed by atoms with Gasteiger partial charge in [-0.25, -0.2) is 0 Å². The summed E-state index contributed by atoms with van der Waals surface area (Å²) in [5, 5.41) is 2.98. The maximum atomic E-state index is 12.5. The minimum absolute atomic E-state index is 0.113. The molecule has 0 atom stereocenters. The van der Waals surface area contributed by atoms with Crippen LogP contribution in [0.15, 0.2) is 30.5 Å². The van der Waals surface area contributed by atoms with E-state index in [2.05, 4.69) is 17.4 Å². The molecule has 4 nitrogen and oxygen atoms in total. The Morgan fingerprint density at radius 1 is 1.24 bits per heavy atom. The number of hydrogen-bond acceptors (Lipinski definition) is 2. The predicted octanol–water partition coefficient (Wildman–Crippen LogP) is 3.39. The van der Waals surface area contributed by atoms with Crippen LogP contribution in [-0.4, -0.2) is 10.5 Å². The van der Waals surface area contributed by atoms with Gasteiger partial charge in [-0.1, -0.05) is 6.07 Å². The zero-order chi connectivity index (χ0) is 15.0. The average Bonchev–Trinajstić information content (AvgIpc) is 3.04. The Labute approximate surface area is 125 Å². The zero-order valence-corrected chi connectivity index (χ0v) is 12.5. The Hall–Kier alpha value is -2.23. The van der Waals surface area contributed by atoms with Crippen molar-refractivity contribution in [2.75, 3.05) is 11.1 Å². The second kappa shape index (κ2) is 5.28. The van der Waals surface area contributed by atoms with E-state index in [4.69, 9.17) is 5.73 Å². The molecule has 3 rings (SSSR count). The number of hydrogen-bond donors (Lipinski definition) is 2. The first-order chi connectivity index (χ1) is 10.0. The fraction of sp³-hybridized carbons (Fsp3) is 0.353. The van der Waals surface area contributed by atoms with Gasteiger partial charge in [-0.3, -0.25) is 4.79 Å². The summed E-state index contributed by atoms with van der Waals surface area (Å²) in [5.74, 6) is -0.113. The van der Waals surface area contributed by atoms with Crippen molar-refractivity contribution in [1.29, 1.82) is 0 Å². The minimum atomic E-state index is -0.113. The quantitative estimate of drug-likeness (QED) is 0.907. The molecule has 110 valence electrons. The van der Waals surface area contributed by atoms with Crippen LogP contribution in [0.5, 0.6) is 0 Å². The summed E-state index contributed by atoms with van der Waals surface area (Å²) in [5.41, 5.74) is 10.7. The Morgan fingerprint density at radius 2 is 2.00 bits per heavy atom.